The minimum Gasteiger partial charge on any atom is -0.481 e. The van der Waals surface area contributed by atoms with Crippen molar-refractivity contribution in [2.45, 2.75) is 39.0 Å². The topological polar surface area (TPSA) is 84.2 Å². The van der Waals surface area contributed by atoms with Gasteiger partial charge in [0.1, 0.15) is 5.82 Å². The van der Waals surface area contributed by atoms with Gasteiger partial charge in [-0.1, -0.05) is 19.3 Å². The molecule has 2 N–H and O–H groups in total. The number of carbonyl (C=O) groups is 2. The molecular formula is C19H22FN3O3. The van der Waals surface area contributed by atoms with E-state index in [0.29, 0.717) is 24.1 Å². The van der Waals surface area contributed by atoms with Crippen LogP contribution in [0, 0.1) is 18.2 Å². The van der Waals surface area contributed by atoms with Crippen LogP contribution in [-0.2, 0) is 4.79 Å². The highest BCUT2D eigenvalue weighted by atomic mass is 19.1. The van der Waals surface area contributed by atoms with Crippen LogP contribution >= 0.6 is 0 Å². The Labute approximate surface area is 151 Å². The van der Waals surface area contributed by atoms with Crippen molar-refractivity contribution in [2.75, 3.05) is 6.54 Å². The molecule has 0 radical (unpaired) electrons. The normalized spacial score (nSPS) is 16.2. The van der Waals surface area contributed by atoms with Gasteiger partial charge in [0, 0.05) is 12.7 Å². The number of carbonyl (C=O) groups excluding carboxylic acids is 1. The van der Waals surface area contributed by atoms with Crippen molar-refractivity contribution >= 4 is 11.9 Å². The first-order valence-corrected chi connectivity index (χ1v) is 8.75. The number of amides is 1. The van der Waals surface area contributed by atoms with Crippen molar-refractivity contribution in [1.82, 2.24) is 15.1 Å². The first kappa shape index (κ1) is 18.1. The maximum atomic E-state index is 13.2. The highest BCUT2D eigenvalue weighted by Gasteiger charge is 2.39. The molecule has 0 bridgehead atoms. The molecule has 1 aliphatic rings. The number of aromatic nitrogens is 2. The van der Waals surface area contributed by atoms with Crippen molar-refractivity contribution in [3.05, 3.63) is 47.5 Å². The molecule has 1 aliphatic carbocycles. The second-order valence-corrected chi connectivity index (χ2v) is 6.91. The summed E-state index contributed by atoms with van der Waals surface area (Å²) in [5, 5.41) is 16.5. The Bertz CT molecular complexity index is 825. The van der Waals surface area contributed by atoms with Gasteiger partial charge >= 0.3 is 5.97 Å². The first-order chi connectivity index (χ1) is 12.4. The van der Waals surface area contributed by atoms with Crippen LogP contribution < -0.4 is 5.32 Å². The molecule has 6 nitrogen and oxygen atoms in total. The zero-order valence-electron chi connectivity index (χ0n) is 14.7. The fourth-order valence-electron chi connectivity index (χ4n) is 3.49. The maximum absolute atomic E-state index is 13.2. The molecule has 7 heteroatoms. The number of benzene rings is 1. The number of aliphatic carboxylic acids is 1. The van der Waals surface area contributed by atoms with Crippen molar-refractivity contribution in [1.29, 1.82) is 0 Å². The summed E-state index contributed by atoms with van der Waals surface area (Å²) >= 11 is 0. The third-order valence-corrected chi connectivity index (χ3v) is 5.08. The summed E-state index contributed by atoms with van der Waals surface area (Å²) in [5.41, 5.74) is 0.696. The summed E-state index contributed by atoms with van der Waals surface area (Å²) in [5.74, 6) is -1.59. The molecule has 0 aliphatic heterocycles. The quantitative estimate of drug-likeness (QED) is 0.859. The Morgan fingerprint density at radius 2 is 2.00 bits per heavy atom. The van der Waals surface area contributed by atoms with Gasteiger partial charge in [-0.25, -0.2) is 9.07 Å². The molecule has 0 saturated heterocycles. The number of hydrogen-bond donors (Lipinski definition) is 2. The lowest BCUT2D eigenvalue weighted by Gasteiger charge is -2.33. The van der Waals surface area contributed by atoms with Crippen LogP contribution in [0.2, 0.25) is 0 Å². The summed E-state index contributed by atoms with van der Waals surface area (Å²) < 4.78 is 14.7. The summed E-state index contributed by atoms with van der Waals surface area (Å²) in [6.07, 6.45) is 5.53. The number of carboxylic acids is 1. The molecule has 0 unspecified atom stereocenters. The summed E-state index contributed by atoms with van der Waals surface area (Å²) in [6, 6.07) is 5.90. The van der Waals surface area contributed by atoms with Crippen LogP contribution in [0.15, 0.2) is 30.5 Å². The van der Waals surface area contributed by atoms with Crippen molar-refractivity contribution < 1.29 is 19.1 Å². The minimum atomic E-state index is -0.885. The Balaban J connectivity index is 1.71. The highest BCUT2D eigenvalue weighted by molar-refractivity contribution is 5.92. The molecule has 1 fully saturated rings. The minimum absolute atomic E-state index is 0.101. The molecule has 0 atom stereocenters. The lowest BCUT2D eigenvalue weighted by molar-refractivity contribution is -0.150. The average Bonchev–Trinajstić information content (AvgIpc) is 3.10. The number of carboxylic acid groups (broad SMARTS) is 1. The van der Waals surface area contributed by atoms with E-state index in [1.165, 1.54) is 16.8 Å². The van der Waals surface area contributed by atoms with Gasteiger partial charge in [-0.2, -0.15) is 5.10 Å². The molecular weight excluding hydrogens is 337 g/mol. The molecule has 138 valence electrons. The fourth-order valence-corrected chi connectivity index (χ4v) is 3.49. The number of halogens is 1. The zero-order chi connectivity index (χ0) is 18.7. The number of nitrogens with one attached hydrogen (secondary N) is 1. The SMILES string of the molecule is Cc1cc(F)ccc1-n1ccc(C(=O)NCC2(C(=O)O)CCCCC2)n1. The summed E-state index contributed by atoms with van der Waals surface area (Å²) in [6.45, 7) is 1.86. The van der Waals surface area contributed by atoms with E-state index in [0.717, 1.165) is 19.3 Å². The predicted octanol–water partition coefficient (Wildman–Crippen LogP) is 3.08. The Kier molecular flexibility index (Phi) is 5.06. The van der Waals surface area contributed by atoms with E-state index >= 15 is 0 Å². The van der Waals surface area contributed by atoms with Gasteiger partial charge in [-0.3, -0.25) is 9.59 Å². The second-order valence-electron chi connectivity index (χ2n) is 6.91. The number of hydrogen-bond acceptors (Lipinski definition) is 3. The largest absolute Gasteiger partial charge is 0.481 e. The van der Waals surface area contributed by atoms with Crippen LogP contribution in [0.3, 0.4) is 0 Å². The van der Waals surface area contributed by atoms with Gasteiger partial charge in [0.05, 0.1) is 11.1 Å². The number of rotatable bonds is 5. The van der Waals surface area contributed by atoms with E-state index in [1.807, 2.05) is 0 Å². The molecule has 1 aromatic heterocycles. The van der Waals surface area contributed by atoms with E-state index in [-0.39, 0.29) is 18.1 Å². The molecule has 3 rings (SSSR count). The van der Waals surface area contributed by atoms with Gasteiger partial charge in [0.2, 0.25) is 0 Å². The monoisotopic (exact) mass is 359 g/mol. The van der Waals surface area contributed by atoms with Crippen molar-refractivity contribution in [3.63, 3.8) is 0 Å². The Morgan fingerprint density at radius 3 is 2.65 bits per heavy atom. The molecule has 0 spiro atoms. The third-order valence-electron chi connectivity index (χ3n) is 5.08. The molecule has 26 heavy (non-hydrogen) atoms. The predicted molar refractivity (Wildman–Crippen MR) is 93.7 cm³/mol. The van der Waals surface area contributed by atoms with Gasteiger partial charge in [0.25, 0.3) is 5.91 Å². The van der Waals surface area contributed by atoms with Crippen LogP contribution in [0.5, 0.6) is 0 Å². The highest BCUT2D eigenvalue weighted by Crippen LogP contribution is 2.36. The van der Waals surface area contributed by atoms with Gasteiger partial charge in [0.15, 0.2) is 5.69 Å². The van der Waals surface area contributed by atoms with Crippen LogP contribution in [-0.4, -0.2) is 33.3 Å². The standard InChI is InChI=1S/C19H22FN3O3/c1-13-11-14(20)5-6-16(13)23-10-7-15(22-23)17(24)21-12-19(18(25)26)8-3-2-4-9-19/h5-7,10-11H,2-4,8-9,12H2,1H3,(H,21,24)(H,25,26). The molecule has 1 aromatic carbocycles. The Morgan fingerprint density at radius 1 is 1.27 bits per heavy atom. The van der Waals surface area contributed by atoms with Gasteiger partial charge in [-0.15, -0.1) is 0 Å². The van der Waals surface area contributed by atoms with E-state index in [2.05, 4.69) is 10.4 Å². The first-order valence-electron chi connectivity index (χ1n) is 8.75. The molecule has 1 heterocycles. The summed E-state index contributed by atoms with van der Waals surface area (Å²) in [7, 11) is 0. The van der Waals surface area contributed by atoms with Crippen LogP contribution in [0.25, 0.3) is 5.69 Å². The van der Waals surface area contributed by atoms with Crippen molar-refractivity contribution in [3.8, 4) is 5.69 Å². The van der Waals surface area contributed by atoms with E-state index in [9.17, 15) is 19.1 Å². The van der Waals surface area contributed by atoms with Crippen molar-refractivity contribution in [2.24, 2.45) is 5.41 Å². The lowest BCUT2D eigenvalue weighted by Crippen LogP contribution is -2.44. The molecule has 1 saturated carbocycles. The summed E-state index contributed by atoms with van der Waals surface area (Å²) in [4.78, 5) is 24.1. The fraction of sp³-hybridized carbons (Fsp3) is 0.421. The van der Waals surface area contributed by atoms with E-state index in [4.69, 9.17) is 0 Å². The third kappa shape index (κ3) is 3.61. The van der Waals surface area contributed by atoms with E-state index in [1.54, 1.807) is 25.3 Å². The molecule has 1 amide bonds. The zero-order valence-corrected chi connectivity index (χ0v) is 14.7. The number of nitrogens with zero attached hydrogens (tertiary/aromatic N) is 2. The van der Waals surface area contributed by atoms with Gasteiger partial charge in [-0.05, 0) is 49.6 Å². The maximum Gasteiger partial charge on any atom is 0.311 e. The lowest BCUT2D eigenvalue weighted by atomic mass is 9.74. The average molecular weight is 359 g/mol. The Hall–Kier alpha value is -2.70. The van der Waals surface area contributed by atoms with Crippen LogP contribution in [0.4, 0.5) is 4.39 Å². The number of aryl methyl sites for hydroxylation is 1. The van der Waals surface area contributed by atoms with Crippen LogP contribution in [0.1, 0.15) is 48.2 Å². The molecule has 2 aromatic rings. The second kappa shape index (κ2) is 7.27. The van der Waals surface area contributed by atoms with E-state index < -0.39 is 17.3 Å². The smallest absolute Gasteiger partial charge is 0.311 e. The van der Waals surface area contributed by atoms with Gasteiger partial charge < -0.3 is 10.4 Å².